The Kier molecular flexibility index (Phi) is 14.1. The molecule has 0 saturated heterocycles. The summed E-state index contributed by atoms with van der Waals surface area (Å²) in [5.41, 5.74) is 6.80. The molecule has 0 aromatic carbocycles. The maximum Gasteiger partial charge on any atom is 0.0151 e. The minimum Gasteiger partial charge on any atom is -0.325 e. The van der Waals surface area contributed by atoms with Crippen molar-refractivity contribution >= 4 is 0 Å². The highest BCUT2D eigenvalue weighted by Crippen LogP contribution is 2.39. The van der Waals surface area contributed by atoms with E-state index >= 15 is 0 Å². The Morgan fingerprint density at radius 2 is 0.792 bits per heavy atom. The van der Waals surface area contributed by atoms with E-state index in [-0.39, 0.29) is 5.54 Å². The zero-order valence-corrected chi connectivity index (χ0v) is 17.9. The van der Waals surface area contributed by atoms with Crippen LogP contribution in [0, 0.1) is 5.41 Å². The molecule has 0 radical (unpaired) electrons. The van der Waals surface area contributed by atoms with Gasteiger partial charge in [0.25, 0.3) is 0 Å². The molecule has 0 fully saturated rings. The molecule has 0 amide bonds. The number of rotatable bonds is 17. The lowest BCUT2D eigenvalue weighted by molar-refractivity contribution is 0.135. The molecule has 24 heavy (non-hydrogen) atoms. The summed E-state index contributed by atoms with van der Waals surface area (Å²) >= 11 is 0. The average Bonchev–Trinajstić information content (AvgIpc) is 2.52. The summed E-state index contributed by atoms with van der Waals surface area (Å²) in [4.78, 5) is 0. The van der Waals surface area contributed by atoms with Crippen molar-refractivity contribution in [2.75, 3.05) is 0 Å². The highest BCUT2D eigenvalue weighted by molar-refractivity contribution is 4.93. The highest BCUT2D eigenvalue weighted by atomic mass is 14.8. The second kappa shape index (κ2) is 14.2. The van der Waals surface area contributed by atoms with Crippen molar-refractivity contribution in [2.45, 2.75) is 143 Å². The van der Waals surface area contributed by atoms with Crippen LogP contribution >= 0.6 is 0 Å². The van der Waals surface area contributed by atoms with Crippen molar-refractivity contribution in [3.8, 4) is 0 Å². The summed E-state index contributed by atoms with van der Waals surface area (Å²) in [6, 6.07) is 0. The van der Waals surface area contributed by atoms with E-state index in [2.05, 4.69) is 34.6 Å². The third-order valence-electron chi connectivity index (χ3n) is 6.22. The molecule has 1 nitrogen and oxygen atoms in total. The van der Waals surface area contributed by atoms with Gasteiger partial charge in [0.15, 0.2) is 0 Å². The summed E-state index contributed by atoms with van der Waals surface area (Å²) in [5.74, 6) is 0. The van der Waals surface area contributed by atoms with Crippen LogP contribution in [-0.2, 0) is 0 Å². The molecule has 2 N–H and O–H groups in total. The van der Waals surface area contributed by atoms with E-state index in [9.17, 15) is 0 Å². The summed E-state index contributed by atoms with van der Waals surface area (Å²) in [6.07, 6.45) is 22.2. The van der Waals surface area contributed by atoms with Crippen molar-refractivity contribution in [3.63, 3.8) is 0 Å². The topological polar surface area (TPSA) is 26.0 Å². The van der Waals surface area contributed by atoms with E-state index in [4.69, 9.17) is 5.73 Å². The zero-order chi connectivity index (χ0) is 18.3. The van der Waals surface area contributed by atoms with Gasteiger partial charge in [0.1, 0.15) is 0 Å². The Morgan fingerprint density at radius 3 is 1.12 bits per heavy atom. The molecule has 0 bridgehead atoms. The fourth-order valence-electron chi connectivity index (χ4n) is 3.71. The Labute approximate surface area is 154 Å². The van der Waals surface area contributed by atoms with Crippen molar-refractivity contribution in [1.82, 2.24) is 0 Å². The smallest absolute Gasteiger partial charge is 0.0151 e. The fourth-order valence-corrected chi connectivity index (χ4v) is 3.71. The van der Waals surface area contributed by atoms with Crippen LogP contribution in [0.15, 0.2) is 0 Å². The largest absolute Gasteiger partial charge is 0.325 e. The first-order valence-electron chi connectivity index (χ1n) is 11.2. The van der Waals surface area contributed by atoms with Crippen LogP contribution in [0.1, 0.15) is 137 Å². The lowest BCUT2D eigenvalue weighted by Gasteiger charge is -2.42. The summed E-state index contributed by atoms with van der Waals surface area (Å²) in [7, 11) is 0. The Bertz CT molecular complexity index is 266. The quantitative estimate of drug-likeness (QED) is 0.267. The van der Waals surface area contributed by atoms with Crippen LogP contribution in [0.2, 0.25) is 0 Å². The van der Waals surface area contributed by atoms with E-state index in [1.54, 1.807) is 0 Å². The minimum absolute atomic E-state index is 0.0571. The van der Waals surface area contributed by atoms with Gasteiger partial charge in [-0.3, -0.25) is 0 Å². The summed E-state index contributed by atoms with van der Waals surface area (Å²) in [6.45, 7) is 11.5. The van der Waals surface area contributed by atoms with Gasteiger partial charge < -0.3 is 5.73 Å². The fraction of sp³-hybridized carbons (Fsp3) is 1.00. The standard InChI is InChI=1S/C23H49N/c1-6-8-10-12-13-14-15-16-17-19-21-23(5,22(3,4)24)20-18-11-9-7-2/h6-21,24H2,1-5H3. The SMILES string of the molecule is CCCCCCCCCCCCC(C)(CCCCCC)C(C)(C)N. The maximum atomic E-state index is 6.55. The number of hydrogen-bond acceptors (Lipinski definition) is 1. The lowest BCUT2D eigenvalue weighted by Crippen LogP contribution is -2.49. The van der Waals surface area contributed by atoms with Crippen LogP contribution in [-0.4, -0.2) is 5.54 Å². The maximum absolute atomic E-state index is 6.55. The molecule has 0 rings (SSSR count). The number of hydrogen-bond donors (Lipinski definition) is 1. The molecular formula is C23H49N. The van der Waals surface area contributed by atoms with E-state index in [1.807, 2.05) is 0 Å². The van der Waals surface area contributed by atoms with Gasteiger partial charge in [-0.2, -0.15) is 0 Å². The van der Waals surface area contributed by atoms with Crippen LogP contribution in [0.5, 0.6) is 0 Å². The molecule has 0 aliphatic heterocycles. The molecule has 0 aliphatic rings. The molecule has 1 atom stereocenters. The van der Waals surface area contributed by atoms with Crippen LogP contribution < -0.4 is 5.73 Å². The number of unbranched alkanes of at least 4 members (excludes halogenated alkanes) is 12. The van der Waals surface area contributed by atoms with Gasteiger partial charge >= 0.3 is 0 Å². The monoisotopic (exact) mass is 339 g/mol. The molecule has 0 aromatic rings. The van der Waals surface area contributed by atoms with E-state index < -0.39 is 0 Å². The van der Waals surface area contributed by atoms with Gasteiger partial charge in [0, 0.05) is 5.54 Å². The van der Waals surface area contributed by atoms with Crippen molar-refractivity contribution in [3.05, 3.63) is 0 Å². The second-order valence-corrected chi connectivity index (χ2v) is 9.02. The van der Waals surface area contributed by atoms with Crippen molar-refractivity contribution < 1.29 is 0 Å². The molecule has 1 unspecified atom stereocenters. The van der Waals surface area contributed by atoms with Gasteiger partial charge in [0.05, 0.1) is 0 Å². The van der Waals surface area contributed by atoms with Crippen LogP contribution in [0.4, 0.5) is 0 Å². The van der Waals surface area contributed by atoms with E-state index in [0.717, 1.165) is 0 Å². The molecule has 0 spiro atoms. The lowest BCUT2D eigenvalue weighted by atomic mass is 9.67. The third kappa shape index (κ3) is 11.5. The van der Waals surface area contributed by atoms with Gasteiger partial charge in [-0.05, 0) is 32.1 Å². The van der Waals surface area contributed by atoms with Crippen LogP contribution in [0.25, 0.3) is 0 Å². The molecule has 0 heterocycles. The predicted octanol–water partition coefficient (Wildman–Crippen LogP) is 8.01. The molecule has 0 aliphatic carbocycles. The van der Waals surface area contributed by atoms with Gasteiger partial charge in [0.2, 0.25) is 0 Å². The van der Waals surface area contributed by atoms with Crippen molar-refractivity contribution in [1.29, 1.82) is 0 Å². The predicted molar refractivity (Wildman–Crippen MR) is 112 cm³/mol. The van der Waals surface area contributed by atoms with Gasteiger partial charge in [-0.1, -0.05) is 111 Å². The van der Waals surface area contributed by atoms with Crippen molar-refractivity contribution in [2.24, 2.45) is 11.1 Å². The normalized spacial score (nSPS) is 14.8. The Balaban J connectivity index is 3.83. The average molecular weight is 340 g/mol. The first-order valence-corrected chi connectivity index (χ1v) is 11.2. The summed E-state index contributed by atoms with van der Waals surface area (Å²) < 4.78 is 0. The molecular weight excluding hydrogens is 290 g/mol. The van der Waals surface area contributed by atoms with Gasteiger partial charge in [-0.25, -0.2) is 0 Å². The minimum atomic E-state index is -0.0571. The molecule has 146 valence electrons. The van der Waals surface area contributed by atoms with E-state index in [0.29, 0.717) is 5.41 Å². The first-order chi connectivity index (χ1) is 11.4. The summed E-state index contributed by atoms with van der Waals surface area (Å²) in [5, 5.41) is 0. The highest BCUT2D eigenvalue weighted by Gasteiger charge is 2.36. The Morgan fingerprint density at radius 1 is 0.500 bits per heavy atom. The molecule has 0 saturated carbocycles. The molecule has 1 heteroatoms. The van der Waals surface area contributed by atoms with E-state index in [1.165, 1.54) is 103 Å². The first kappa shape index (κ1) is 24.0. The van der Waals surface area contributed by atoms with Crippen LogP contribution in [0.3, 0.4) is 0 Å². The van der Waals surface area contributed by atoms with Gasteiger partial charge in [-0.15, -0.1) is 0 Å². The molecule has 0 aromatic heterocycles. The zero-order valence-electron chi connectivity index (χ0n) is 17.9. The number of nitrogens with two attached hydrogens (primary N) is 1. The third-order valence-corrected chi connectivity index (χ3v) is 6.22. The second-order valence-electron chi connectivity index (χ2n) is 9.02. The Hall–Kier alpha value is -0.0400.